The normalized spacial score (nSPS) is 19.4. The zero-order valence-electron chi connectivity index (χ0n) is 12.2. The summed E-state index contributed by atoms with van der Waals surface area (Å²) in [6, 6.07) is 12.6. The Kier molecular flexibility index (Phi) is 3.88. The molecule has 2 aromatic rings. The van der Waals surface area contributed by atoms with Crippen LogP contribution in [0.4, 0.5) is 0 Å². The molecule has 1 aliphatic rings. The van der Waals surface area contributed by atoms with Gasteiger partial charge in [0.05, 0.1) is 5.69 Å². The van der Waals surface area contributed by atoms with Crippen LogP contribution in [-0.2, 0) is 4.74 Å². The summed E-state index contributed by atoms with van der Waals surface area (Å²) in [5, 5.41) is 4.82. The maximum atomic E-state index is 5.90. The van der Waals surface area contributed by atoms with Crippen molar-refractivity contribution in [2.24, 2.45) is 0 Å². The minimum Gasteiger partial charge on any atom is -0.357 e. The van der Waals surface area contributed by atoms with E-state index in [1.807, 2.05) is 6.07 Å². The summed E-state index contributed by atoms with van der Waals surface area (Å²) in [7, 11) is 0. The highest BCUT2D eigenvalue weighted by Gasteiger charge is 2.22. The van der Waals surface area contributed by atoms with Crippen molar-refractivity contribution in [2.45, 2.75) is 45.3 Å². The van der Waals surface area contributed by atoms with E-state index >= 15 is 0 Å². The maximum absolute atomic E-state index is 5.90. The highest BCUT2D eigenvalue weighted by Crippen LogP contribution is 2.30. The fraction of sp³-hybridized carbons (Fsp3) is 0.471. The lowest BCUT2D eigenvalue weighted by molar-refractivity contribution is -0.0413. The first kappa shape index (κ1) is 13.4. The third-order valence-electron chi connectivity index (χ3n) is 3.85. The summed E-state index contributed by atoms with van der Waals surface area (Å²) in [5.74, 6) is 0.450. The SMILES string of the molecule is CC(C)c1cc(-c2ccccc2)nn1C1CCCCO1. The summed E-state index contributed by atoms with van der Waals surface area (Å²) in [5.41, 5.74) is 3.48. The van der Waals surface area contributed by atoms with Crippen LogP contribution >= 0.6 is 0 Å². The molecule has 0 radical (unpaired) electrons. The van der Waals surface area contributed by atoms with E-state index in [0.717, 1.165) is 18.7 Å². The van der Waals surface area contributed by atoms with Crippen molar-refractivity contribution in [1.29, 1.82) is 0 Å². The van der Waals surface area contributed by atoms with Crippen molar-refractivity contribution in [3.8, 4) is 11.3 Å². The molecule has 20 heavy (non-hydrogen) atoms. The van der Waals surface area contributed by atoms with Gasteiger partial charge in [-0.3, -0.25) is 0 Å². The summed E-state index contributed by atoms with van der Waals surface area (Å²) < 4.78 is 8.01. The van der Waals surface area contributed by atoms with Gasteiger partial charge >= 0.3 is 0 Å². The maximum Gasteiger partial charge on any atom is 0.150 e. The van der Waals surface area contributed by atoms with Crippen molar-refractivity contribution in [3.63, 3.8) is 0 Å². The Morgan fingerprint density at radius 3 is 2.65 bits per heavy atom. The minimum absolute atomic E-state index is 0.110. The molecule has 1 aromatic carbocycles. The molecule has 3 heteroatoms. The van der Waals surface area contributed by atoms with Crippen LogP contribution in [0.1, 0.15) is 50.9 Å². The Morgan fingerprint density at radius 1 is 1.20 bits per heavy atom. The van der Waals surface area contributed by atoms with E-state index in [0.29, 0.717) is 5.92 Å². The standard InChI is InChI=1S/C17H22N2O/c1-13(2)16-12-15(14-8-4-3-5-9-14)18-19(16)17-10-6-7-11-20-17/h3-5,8-9,12-13,17H,6-7,10-11H2,1-2H3. The number of rotatable bonds is 3. The summed E-state index contributed by atoms with van der Waals surface area (Å²) >= 11 is 0. The quantitative estimate of drug-likeness (QED) is 0.828. The monoisotopic (exact) mass is 270 g/mol. The van der Waals surface area contributed by atoms with Crippen molar-refractivity contribution in [3.05, 3.63) is 42.1 Å². The largest absolute Gasteiger partial charge is 0.357 e. The lowest BCUT2D eigenvalue weighted by atomic mass is 10.1. The molecule has 0 spiro atoms. The zero-order chi connectivity index (χ0) is 13.9. The molecule has 0 aliphatic carbocycles. The van der Waals surface area contributed by atoms with E-state index in [4.69, 9.17) is 9.84 Å². The van der Waals surface area contributed by atoms with Gasteiger partial charge in [0, 0.05) is 17.9 Å². The van der Waals surface area contributed by atoms with E-state index < -0.39 is 0 Å². The first-order valence-corrected chi connectivity index (χ1v) is 7.52. The number of aromatic nitrogens is 2. The summed E-state index contributed by atoms with van der Waals surface area (Å²) in [4.78, 5) is 0. The molecule has 1 aliphatic heterocycles. The third kappa shape index (κ3) is 2.63. The van der Waals surface area contributed by atoms with Gasteiger partial charge in [0.15, 0.2) is 0 Å². The molecular formula is C17H22N2O. The van der Waals surface area contributed by atoms with Gasteiger partial charge in [-0.25, -0.2) is 4.68 Å². The Bertz CT molecular complexity index is 554. The number of hydrogen-bond donors (Lipinski definition) is 0. The summed E-state index contributed by atoms with van der Waals surface area (Å²) in [6.45, 7) is 5.28. The molecule has 0 bridgehead atoms. The van der Waals surface area contributed by atoms with Crippen LogP contribution in [0.3, 0.4) is 0 Å². The predicted molar refractivity (Wildman–Crippen MR) is 80.6 cm³/mol. The zero-order valence-corrected chi connectivity index (χ0v) is 12.2. The molecule has 3 rings (SSSR count). The van der Waals surface area contributed by atoms with Gasteiger partial charge in [-0.15, -0.1) is 0 Å². The smallest absolute Gasteiger partial charge is 0.150 e. The molecule has 1 fully saturated rings. The van der Waals surface area contributed by atoms with Gasteiger partial charge in [0.1, 0.15) is 6.23 Å². The second kappa shape index (κ2) is 5.80. The van der Waals surface area contributed by atoms with Crippen molar-refractivity contribution < 1.29 is 4.74 Å². The predicted octanol–water partition coefficient (Wildman–Crippen LogP) is 4.37. The van der Waals surface area contributed by atoms with Crippen LogP contribution < -0.4 is 0 Å². The average molecular weight is 270 g/mol. The second-order valence-electron chi connectivity index (χ2n) is 5.74. The molecule has 1 aromatic heterocycles. The molecule has 1 atom stereocenters. The van der Waals surface area contributed by atoms with Crippen molar-refractivity contribution in [1.82, 2.24) is 9.78 Å². The highest BCUT2D eigenvalue weighted by molar-refractivity contribution is 5.59. The lowest BCUT2D eigenvalue weighted by Gasteiger charge is -2.25. The van der Waals surface area contributed by atoms with Gasteiger partial charge < -0.3 is 4.74 Å². The highest BCUT2D eigenvalue weighted by atomic mass is 16.5. The molecular weight excluding hydrogens is 248 g/mol. The van der Waals surface area contributed by atoms with E-state index in [-0.39, 0.29) is 6.23 Å². The lowest BCUT2D eigenvalue weighted by Crippen LogP contribution is -2.21. The van der Waals surface area contributed by atoms with E-state index in [1.54, 1.807) is 0 Å². The average Bonchev–Trinajstić information content (AvgIpc) is 2.94. The minimum atomic E-state index is 0.110. The van der Waals surface area contributed by atoms with Crippen LogP contribution in [-0.4, -0.2) is 16.4 Å². The third-order valence-corrected chi connectivity index (χ3v) is 3.85. The van der Waals surface area contributed by atoms with Crippen LogP contribution in [0, 0.1) is 0 Å². The Balaban J connectivity index is 1.98. The van der Waals surface area contributed by atoms with Gasteiger partial charge in [-0.2, -0.15) is 5.10 Å². The Hall–Kier alpha value is -1.61. The fourth-order valence-electron chi connectivity index (χ4n) is 2.74. The number of nitrogens with zero attached hydrogens (tertiary/aromatic N) is 2. The van der Waals surface area contributed by atoms with Crippen molar-refractivity contribution in [2.75, 3.05) is 6.61 Å². The molecule has 0 saturated carbocycles. The van der Waals surface area contributed by atoms with Gasteiger partial charge in [-0.1, -0.05) is 44.2 Å². The Labute approximate surface area is 120 Å². The molecule has 2 heterocycles. The molecule has 0 amide bonds. The molecule has 0 N–H and O–H groups in total. The van der Waals surface area contributed by atoms with Gasteiger partial charge in [-0.05, 0) is 31.2 Å². The van der Waals surface area contributed by atoms with Crippen LogP contribution in [0.25, 0.3) is 11.3 Å². The molecule has 1 unspecified atom stereocenters. The van der Waals surface area contributed by atoms with E-state index in [9.17, 15) is 0 Å². The first-order chi connectivity index (χ1) is 9.75. The van der Waals surface area contributed by atoms with Crippen molar-refractivity contribution >= 4 is 0 Å². The first-order valence-electron chi connectivity index (χ1n) is 7.52. The molecule has 106 valence electrons. The van der Waals surface area contributed by atoms with Crippen LogP contribution in [0.5, 0.6) is 0 Å². The van der Waals surface area contributed by atoms with E-state index in [1.165, 1.54) is 24.1 Å². The topological polar surface area (TPSA) is 27.1 Å². The number of ether oxygens (including phenoxy) is 1. The van der Waals surface area contributed by atoms with Gasteiger partial charge in [0.25, 0.3) is 0 Å². The number of hydrogen-bond acceptors (Lipinski definition) is 2. The molecule has 3 nitrogen and oxygen atoms in total. The summed E-state index contributed by atoms with van der Waals surface area (Å²) in [6.07, 6.45) is 3.57. The number of benzene rings is 1. The van der Waals surface area contributed by atoms with Gasteiger partial charge in [0.2, 0.25) is 0 Å². The fourth-order valence-corrected chi connectivity index (χ4v) is 2.74. The second-order valence-corrected chi connectivity index (χ2v) is 5.74. The van der Waals surface area contributed by atoms with Crippen LogP contribution in [0.15, 0.2) is 36.4 Å². The molecule has 1 saturated heterocycles. The van der Waals surface area contributed by atoms with E-state index in [2.05, 4.69) is 48.9 Å². The van der Waals surface area contributed by atoms with Crippen LogP contribution in [0.2, 0.25) is 0 Å². The Morgan fingerprint density at radius 2 is 2.00 bits per heavy atom.